The van der Waals surface area contributed by atoms with E-state index < -0.39 is 0 Å². The molecule has 1 N–H and O–H groups in total. The van der Waals surface area contributed by atoms with Crippen molar-refractivity contribution in [3.8, 4) is 0 Å². The van der Waals surface area contributed by atoms with E-state index in [9.17, 15) is 4.79 Å². The summed E-state index contributed by atoms with van der Waals surface area (Å²) in [6.07, 6.45) is 4.21. The maximum absolute atomic E-state index is 11.9. The molecule has 1 saturated heterocycles. The molecule has 0 aromatic rings. The van der Waals surface area contributed by atoms with Gasteiger partial charge in [-0.3, -0.25) is 4.79 Å². The maximum atomic E-state index is 11.9. The molecule has 0 aliphatic carbocycles. The lowest BCUT2D eigenvalue weighted by Crippen LogP contribution is -2.43. The summed E-state index contributed by atoms with van der Waals surface area (Å²) in [6.45, 7) is 11.4. The smallest absolute Gasteiger partial charge is 0.222 e. The van der Waals surface area contributed by atoms with Crippen LogP contribution in [0.1, 0.15) is 53.4 Å². The third-order valence-electron chi connectivity index (χ3n) is 3.54. The molecular weight excluding hydrogens is 212 g/mol. The second kappa shape index (κ2) is 6.39. The number of nitrogens with zero attached hydrogens (tertiary/aromatic N) is 1. The molecule has 0 radical (unpaired) electrons. The Kier molecular flexibility index (Phi) is 5.44. The van der Waals surface area contributed by atoms with E-state index in [1.165, 1.54) is 12.8 Å². The fourth-order valence-corrected chi connectivity index (χ4v) is 2.30. The van der Waals surface area contributed by atoms with Gasteiger partial charge in [-0.25, -0.2) is 0 Å². The Hall–Kier alpha value is -0.570. The second-order valence-electron chi connectivity index (χ2n) is 6.16. The van der Waals surface area contributed by atoms with Crippen molar-refractivity contribution in [3.05, 3.63) is 0 Å². The van der Waals surface area contributed by atoms with Crippen LogP contribution in [0.15, 0.2) is 0 Å². The molecule has 1 atom stereocenters. The minimum Gasteiger partial charge on any atom is -0.341 e. The van der Waals surface area contributed by atoms with Gasteiger partial charge in [0.15, 0.2) is 0 Å². The monoisotopic (exact) mass is 240 g/mol. The van der Waals surface area contributed by atoms with Gasteiger partial charge in [-0.2, -0.15) is 0 Å². The Morgan fingerprint density at radius 3 is 2.65 bits per heavy atom. The molecule has 0 aromatic carbocycles. The molecule has 0 bridgehead atoms. The van der Waals surface area contributed by atoms with Crippen molar-refractivity contribution >= 4 is 5.91 Å². The summed E-state index contributed by atoms with van der Waals surface area (Å²) in [5, 5.41) is 3.44. The molecule has 1 rings (SSSR count). The first kappa shape index (κ1) is 14.5. The highest BCUT2D eigenvalue weighted by molar-refractivity contribution is 5.76. The van der Waals surface area contributed by atoms with Gasteiger partial charge in [-0.1, -0.05) is 13.3 Å². The average Bonchev–Trinajstić information content (AvgIpc) is 2.40. The highest BCUT2D eigenvalue weighted by Crippen LogP contribution is 2.20. The molecule has 3 nitrogen and oxygen atoms in total. The zero-order valence-electron chi connectivity index (χ0n) is 11.9. The minimum atomic E-state index is 0.140. The molecule has 0 spiro atoms. The fourth-order valence-electron chi connectivity index (χ4n) is 2.30. The van der Waals surface area contributed by atoms with E-state index in [-0.39, 0.29) is 5.54 Å². The molecule has 1 aliphatic heterocycles. The molecule has 17 heavy (non-hydrogen) atoms. The number of carbonyl (C=O) groups is 1. The van der Waals surface area contributed by atoms with Gasteiger partial charge in [0, 0.05) is 31.6 Å². The van der Waals surface area contributed by atoms with E-state index >= 15 is 0 Å². The summed E-state index contributed by atoms with van der Waals surface area (Å²) < 4.78 is 0. The maximum Gasteiger partial charge on any atom is 0.222 e. The molecule has 1 fully saturated rings. The van der Waals surface area contributed by atoms with Crippen molar-refractivity contribution in [1.82, 2.24) is 10.2 Å². The van der Waals surface area contributed by atoms with Crippen molar-refractivity contribution in [1.29, 1.82) is 0 Å². The lowest BCUT2D eigenvalue weighted by Gasteiger charge is -2.25. The molecule has 1 aliphatic rings. The molecule has 0 aromatic heterocycles. The topological polar surface area (TPSA) is 32.3 Å². The van der Waals surface area contributed by atoms with Gasteiger partial charge in [0.1, 0.15) is 0 Å². The first-order valence-corrected chi connectivity index (χ1v) is 6.95. The standard InChI is InChI=1S/C14H28N2O/c1-5-12-6-7-13(17)16(10-8-12)11-9-15-14(2,3)4/h12,15H,5-11H2,1-4H3. The van der Waals surface area contributed by atoms with Gasteiger partial charge < -0.3 is 10.2 Å². The van der Waals surface area contributed by atoms with Crippen molar-refractivity contribution in [2.45, 2.75) is 58.9 Å². The first-order chi connectivity index (χ1) is 7.92. The van der Waals surface area contributed by atoms with Gasteiger partial charge in [0.05, 0.1) is 0 Å². The highest BCUT2D eigenvalue weighted by Gasteiger charge is 2.21. The van der Waals surface area contributed by atoms with Gasteiger partial charge >= 0.3 is 0 Å². The van der Waals surface area contributed by atoms with Crippen LogP contribution in [0.4, 0.5) is 0 Å². The molecule has 100 valence electrons. The van der Waals surface area contributed by atoms with Crippen LogP contribution in [0, 0.1) is 5.92 Å². The van der Waals surface area contributed by atoms with E-state index in [1.54, 1.807) is 0 Å². The third kappa shape index (κ3) is 5.53. The number of carbonyl (C=O) groups excluding carboxylic acids is 1. The number of likely N-dealkylation sites (tertiary alicyclic amines) is 1. The molecule has 0 saturated carbocycles. The quantitative estimate of drug-likeness (QED) is 0.818. The van der Waals surface area contributed by atoms with Crippen LogP contribution in [0.2, 0.25) is 0 Å². The molecule has 1 unspecified atom stereocenters. The summed E-state index contributed by atoms with van der Waals surface area (Å²) in [4.78, 5) is 14.0. The molecular formula is C14H28N2O. The number of nitrogens with one attached hydrogen (secondary N) is 1. The van der Waals surface area contributed by atoms with E-state index in [2.05, 4.69) is 33.0 Å². The average molecular weight is 240 g/mol. The molecule has 1 heterocycles. The largest absolute Gasteiger partial charge is 0.341 e. The Morgan fingerprint density at radius 2 is 2.06 bits per heavy atom. The van der Waals surface area contributed by atoms with Crippen LogP contribution in [-0.4, -0.2) is 36.0 Å². The minimum absolute atomic E-state index is 0.140. The van der Waals surface area contributed by atoms with Crippen LogP contribution in [0.5, 0.6) is 0 Å². The predicted octanol–water partition coefficient (Wildman–Crippen LogP) is 2.41. The third-order valence-corrected chi connectivity index (χ3v) is 3.54. The van der Waals surface area contributed by atoms with E-state index in [1.807, 2.05) is 4.90 Å². The predicted molar refractivity (Wildman–Crippen MR) is 72.0 cm³/mol. The van der Waals surface area contributed by atoms with E-state index in [4.69, 9.17) is 0 Å². The van der Waals surface area contributed by atoms with Crippen LogP contribution in [0.3, 0.4) is 0 Å². The van der Waals surface area contributed by atoms with Gasteiger partial charge in [-0.15, -0.1) is 0 Å². The van der Waals surface area contributed by atoms with Crippen LogP contribution in [-0.2, 0) is 4.79 Å². The van der Waals surface area contributed by atoms with E-state index in [0.29, 0.717) is 5.91 Å². The summed E-state index contributed by atoms with van der Waals surface area (Å²) >= 11 is 0. The Bertz CT molecular complexity index is 245. The van der Waals surface area contributed by atoms with Gasteiger partial charge in [0.2, 0.25) is 5.91 Å². The fraction of sp³-hybridized carbons (Fsp3) is 0.929. The normalized spacial score (nSPS) is 22.7. The van der Waals surface area contributed by atoms with Crippen molar-refractivity contribution < 1.29 is 4.79 Å². The summed E-state index contributed by atoms with van der Waals surface area (Å²) in [5.41, 5.74) is 0.140. The van der Waals surface area contributed by atoms with Crippen LogP contribution >= 0.6 is 0 Å². The Balaban J connectivity index is 2.34. The highest BCUT2D eigenvalue weighted by atomic mass is 16.2. The second-order valence-corrected chi connectivity index (χ2v) is 6.16. The Labute approximate surface area is 106 Å². The first-order valence-electron chi connectivity index (χ1n) is 6.95. The lowest BCUT2D eigenvalue weighted by atomic mass is 9.98. The van der Waals surface area contributed by atoms with Crippen LogP contribution in [0.25, 0.3) is 0 Å². The Morgan fingerprint density at radius 1 is 1.35 bits per heavy atom. The summed E-state index contributed by atoms with van der Waals surface area (Å²) in [5.74, 6) is 1.09. The zero-order chi connectivity index (χ0) is 12.9. The van der Waals surface area contributed by atoms with Crippen molar-refractivity contribution in [3.63, 3.8) is 0 Å². The van der Waals surface area contributed by atoms with Crippen molar-refractivity contribution in [2.75, 3.05) is 19.6 Å². The van der Waals surface area contributed by atoms with Crippen LogP contribution < -0.4 is 5.32 Å². The van der Waals surface area contributed by atoms with Crippen molar-refractivity contribution in [2.24, 2.45) is 5.92 Å². The van der Waals surface area contributed by atoms with Gasteiger partial charge in [0.25, 0.3) is 0 Å². The summed E-state index contributed by atoms with van der Waals surface area (Å²) in [7, 11) is 0. The number of hydrogen-bond donors (Lipinski definition) is 1. The molecule has 1 amide bonds. The summed E-state index contributed by atoms with van der Waals surface area (Å²) in [6, 6.07) is 0. The number of rotatable bonds is 4. The molecule has 3 heteroatoms. The van der Waals surface area contributed by atoms with Gasteiger partial charge in [-0.05, 0) is 39.5 Å². The lowest BCUT2D eigenvalue weighted by molar-refractivity contribution is -0.130. The number of hydrogen-bond acceptors (Lipinski definition) is 2. The SMILES string of the molecule is CCC1CCC(=O)N(CCNC(C)(C)C)CC1. The van der Waals surface area contributed by atoms with E-state index in [0.717, 1.165) is 38.4 Å². The zero-order valence-corrected chi connectivity index (χ0v) is 11.9. The number of amides is 1.